The van der Waals surface area contributed by atoms with E-state index in [1.807, 2.05) is 48.5 Å². The van der Waals surface area contributed by atoms with Crippen LogP contribution in [0, 0.1) is 5.41 Å². The quantitative estimate of drug-likeness (QED) is 0.578. The largest absolute Gasteiger partial charge is 0.546 e. The minimum Gasteiger partial charge on any atom is -0.546 e. The summed E-state index contributed by atoms with van der Waals surface area (Å²) < 4.78 is 33.1. The Bertz CT molecular complexity index is 1100. The highest BCUT2D eigenvalue weighted by Gasteiger charge is 2.55. The zero-order valence-corrected chi connectivity index (χ0v) is 16.8. The maximum atomic E-state index is 13.5. The number of hydrogen-bond acceptors (Lipinski definition) is 3. The van der Waals surface area contributed by atoms with Crippen molar-refractivity contribution in [2.45, 2.75) is 30.2 Å². The third kappa shape index (κ3) is 3.54. The van der Waals surface area contributed by atoms with Crippen LogP contribution in [-0.2, 0) is 10.0 Å². The van der Waals surface area contributed by atoms with E-state index in [4.69, 9.17) is 0 Å². The van der Waals surface area contributed by atoms with Gasteiger partial charge in [-0.3, -0.25) is 4.98 Å². The van der Waals surface area contributed by atoms with Crippen LogP contribution in [0.4, 0.5) is 0 Å². The molecule has 2 aliphatic rings. The summed E-state index contributed by atoms with van der Waals surface area (Å²) in [6.07, 6.45) is 4.77. The van der Waals surface area contributed by atoms with Crippen LogP contribution in [-0.4, -0.2) is 29.0 Å². The lowest BCUT2D eigenvalue weighted by atomic mass is 10.0. The lowest BCUT2D eigenvalue weighted by Gasteiger charge is -2.23. The van der Waals surface area contributed by atoms with E-state index in [2.05, 4.69) is 9.72 Å². The van der Waals surface area contributed by atoms with Crippen molar-refractivity contribution in [3.8, 4) is 11.5 Å². The van der Waals surface area contributed by atoms with E-state index >= 15 is 0 Å². The van der Waals surface area contributed by atoms with E-state index in [1.54, 1.807) is 34.8 Å². The molecular weight excluding hydrogens is 384 g/mol. The standard InChI is InChI=1S/C23H22N2O3S/c26-29(27,20-11-9-19(10-12-20)28-18-6-2-1-3-7-18)25-17-23(13-14-23)16-22(25)21-8-4-5-15-24-21/h1-12,15,22H,13-14,16-17H2/p+1. The van der Waals surface area contributed by atoms with Crippen LogP contribution in [0.15, 0.2) is 83.9 Å². The molecule has 148 valence electrons. The fraction of sp³-hybridized carbons (Fsp3) is 0.261. The van der Waals surface area contributed by atoms with E-state index in [0.29, 0.717) is 11.4 Å². The van der Waals surface area contributed by atoms with E-state index in [1.165, 1.54) is 0 Å². The number of sulfonamides is 1. The van der Waals surface area contributed by atoms with Crippen molar-refractivity contribution in [3.05, 3.63) is 84.7 Å². The van der Waals surface area contributed by atoms with Crippen molar-refractivity contribution >= 4 is 10.0 Å². The number of aromatic nitrogens is 1. The van der Waals surface area contributed by atoms with Gasteiger partial charge in [-0.15, -0.1) is 0 Å². The molecule has 1 aliphatic heterocycles. The minimum atomic E-state index is -3.61. The molecule has 0 bridgehead atoms. The number of ether oxygens (including phenoxy) is 1. The first kappa shape index (κ1) is 18.3. The second-order valence-corrected chi connectivity index (χ2v) is 9.86. The van der Waals surface area contributed by atoms with Gasteiger partial charge in [0.1, 0.15) is 0 Å². The fourth-order valence-corrected chi connectivity index (χ4v) is 5.83. The Morgan fingerprint density at radius 2 is 1.59 bits per heavy atom. The number of aromatic hydroxyl groups is 2. The summed E-state index contributed by atoms with van der Waals surface area (Å²) in [5.41, 5.74) is 0.966. The Labute approximate surface area is 171 Å². The number of para-hydroxylation sites is 1. The smallest absolute Gasteiger partial charge is 0.260 e. The monoisotopic (exact) mass is 407 g/mol. The van der Waals surface area contributed by atoms with Crippen molar-refractivity contribution < 1.29 is 13.2 Å². The summed E-state index contributed by atoms with van der Waals surface area (Å²) in [7, 11) is -3.61. The van der Waals surface area contributed by atoms with Gasteiger partial charge in [0.05, 0.1) is 16.6 Å². The van der Waals surface area contributed by atoms with Crippen molar-refractivity contribution in [2.24, 2.45) is 5.41 Å². The molecule has 0 amide bonds. The molecule has 5 nitrogen and oxygen atoms in total. The minimum absolute atomic E-state index is 0.137. The average molecular weight is 408 g/mol. The normalized spacial score (nSPS) is 20.6. The van der Waals surface area contributed by atoms with Crippen LogP contribution >= 0.6 is 0 Å². The molecule has 1 unspecified atom stereocenters. The molecule has 1 saturated heterocycles. The second kappa shape index (κ2) is 6.97. The molecule has 2 fully saturated rings. The van der Waals surface area contributed by atoms with E-state index < -0.39 is 10.0 Å². The van der Waals surface area contributed by atoms with Crippen molar-refractivity contribution in [2.75, 3.05) is 6.54 Å². The SMILES string of the molecule is O=S(=O)(c1ccc([OH+]c2ccccc2)cc1)N1CC2(CC2)CC1c1ccccn1. The van der Waals surface area contributed by atoms with Gasteiger partial charge in [-0.05, 0) is 48.9 Å². The highest BCUT2D eigenvalue weighted by Crippen LogP contribution is 2.59. The van der Waals surface area contributed by atoms with Gasteiger partial charge in [-0.2, -0.15) is 4.31 Å². The molecule has 1 N–H and O–H groups in total. The Kier molecular flexibility index (Phi) is 4.41. The van der Waals surface area contributed by atoms with Gasteiger partial charge in [0.2, 0.25) is 10.0 Å². The molecule has 2 heterocycles. The zero-order valence-electron chi connectivity index (χ0n) is 16.0. The number of benzene rings is 2. The summed E-state index contributed by atoms with van der Waals surface area (Å²) in [6, 6.07) is 22.0. The number of pyridine rings is 1. The van der Waals surface area contributed by atoms with Gasteiger partial charge in [0.15, 0.2) is 0 Å². The third-order valence-electron chi connectivity index (χ3n) is 5.91. The van der Waals surface area contributed by atoms with Crippen LogP contribution in [0.25, 0.3) is 0 Å². The summed E-state index contributed by atoms with van der Waals surface area (Å²) in [5, 5.41) is 0. The highest BCUT2D eigenvalue weighted by molar-refractivity contribution is 7.89. The molecule has 2 aromatic carbocycles. The van der Waals surface area contributed by atoms with E-state index in [-0.39, 0.29) is 11.5 Å². The summed E-state index contributed by atoms with van der Waals surface area (Å²) in [6.45, 7) is 0.576. The topological polar surface area (TPSA) is 63.1 Å². The Hall–Kier alpha value is -2.70. The zero-order chi connectivity index (χ0) is 19.9. The third-order valence-corrected chi connectivity index (χ3v) is 7.78. The first-order valence-corrected chi connectivity index (χ1v) is 11.3. The summed E-state index contributed by atoms with van der Waals surface area (Å²) in [4.78, 5) is 4.76. The van der Waals surface area contributed by atoms with Crippen molar-refractivity contribution in [1.29, 1.82) is 0 Å². The maximum Gasteiger partial charge on any atom is 0.260 e. The van der Waals surface area contributed by atoms with Crippen molar-refractivity contribution in [1.82, 2.24) is 9.29 Å². The molecule has 0 radical (unpaired) electrons. The Balaban J connectivity index is 1.42. The van der Waals surface area contributed by atoms with Crippen molar-refractivity contribution in [3.63, 3.8) is 0 Å². The van der Waals surface area contributed by atoms with Gasteiger partial charge < -0.3 is 4.74 Å². The van der Waals surface area contributed by atoms with Gasteiger partial charge in [-0.25, -0.2) is 8.42 Å². The van der Waals surface area contributed by atoms with E-state index in [0.717, 1.165) is 36.5 Å². The maximum absolute atomic E-state index is 13.5. The van der Waals surface area contributed by atoms with Crippen LogP contribution < -0.4 is 0 Å². The fourth-order valence-electron chi connectivity index (χ4n) is 4.11. The molecule has 3 aromatic rings. The summed E-state index contributed by atoms with van der Waals surface area (Å²) >= 11 is 0. The Morgan fingerprint density at radius 1 is 0.897 bits per heavy atom. The van der Waals surface area contributed by atoms with Crippen LogP contribution in [0.5, 0.6) is 11.5 Å². The second-order valence-electron chi connectivity index (χ2n) is 7.97. The number of hydrogen-bond donors (Lipinski definition) is 0. The van der Waals surface area contributed by atoms with Gasteiger partial charge in [-0.1, -0.05) is 24.3 Å². The van der Waals surface area contributed by atoms with E-state index in [9.17, 15) is 8.42 Å². The molecule has 29 heavy (non-hydrogen) atoms. The lowest BCUT2D eigenvalue weighted by Crippen LogP contribution is -2.31. The Morgan fingerprint density at radius 3 is 2.24 bits per heavy atom. The molecule has 6 heteroatoms. The first-order chi connectivity index (χ1) is 14.1. The molecular formula is C23H23N2O3S+. The number of nitrogens with zero attached hydrogens (tertiary/aromatic N) is 2. The van der Waals surface area contributed by atoms with Gasteiger partial charge in [0.25, 0.3) is 11.5 Å². The van der Waals surface area contributed by atoms with Crippen LogP contribution in [0.1, 0.15) is 31.0 Å². The van der Waals surface area contributed by atoms with Crippen LogP contribution in [0.3, 0.4) is 0 Å². The predicted molar refractivity (Wildman–Crippen MR) is 111 cm³/mol. The molecule has 1 saturated carbocycles. The molecule has 1 atom stereocenters. The van der Waals surface area contributed by atoms with Gasteiger partial charge >= 0.3 is 0 Å². The predicted octanol–water partition coefficient (Wildman–Crippen LogP) is 4.65. The molecule has 1 aromatic heterocycles. The highest BCUT2D eigenvalue weighted by atomic mass is 32.2. The molecule has 1 spiro atoms. The average Bonchev–Trinajstić information content (AvgIpc) is 3.39. The first-order valence-electron chi connectivity index (χ1n) is 9.86. The lowest BCUT2D eigenvalue weighted by molar-refractivity contribution is 0.198. The summed E-state index contributed by atoms with van der Waals surface area (Å²) in [5.74, 6) is 1.57. The molecule has 1 aliphatic carbocycles. The number of rotatable bonds is 5. The molecule has 5 rings (SSSR count). The van der Waals surface area contributed by atoms with Crippen LogP contribution in [0.2, 0.25) is 0 Å². The van der Waals surface area contributed by atoms with Gasteiger partial charge in [0, 0.05) is 37.0 Å².